The number of phenolic OH excluding ortho intramolecular Hbond substituents is 1. The number of hydrogen-bond donors (Lipinski definition) is 2. The summed E-state index contributed by atoms with van der Waals surface area (Å²) in [5.41, 5.74) is 0.162. The average Bonchev–Trinajstić information content (AvgIpc) is 3.50. The zero-order valence-corrected chi connectivity index (χ0v) is 24.9. The van der Waals surface area contributed by atoms with E-state index in [0.29, 0.717) is 52.7 Å². The maximum absolute atomic E-state index is 16.6. The van der Waals surface area contributed by atoms with E-state index < -0.39 is 17.5 Å². The van der Waals surface area contributed by atoms with Crippen molar-refractivity contribution in [2.24, 2.45) is 0 Å². The van der Waals surface area contributed by atoms with Gasteiger partial charge in [-0.2, -0.15) is 9.97 Å². The van der Waals surface area contributed by atoms with Gasteiger partial charge in [0.05, 0.1) is 10.9 Å². The van der Waals surface area contributed by atoms with Gasteiger partial charge in [0, 0.05) is 48.4 Å². The Morgan fingerprint density at radius 2 is 2.05 bits per heavy atom. The van der Waals surface area contributed by atoms with Gasteiger partial charge in [-0.15, -0.1) is 6.42 Å². The number of phenols is 1. The quantitative estimate of drug-likeness (QED) is 0.274. The van der Waals surface area contributed by atoms with Crippen molar-refractivity contribution < 1.29 is 18.6 Å². The van der Waals surface area contributed by atoms with E-state index in [1.807, 2.05) is 0 Å². The van der Waals surface area contributed by atoms with Gasteiger partial charge in [-0.1, -0.05) is 0 Å². The van der Waals surface area contributed by atoms with Crippen molar-refractivity contribution in [1.82, 2.24) is 29.7 Å². The summed E-state index contributed by atoms with van der Waals surface area (Å²) >= 11 is 0. The maximum Gasteiger partial charge on any atom is 0.319 e. The summed E-state index contributed by atoms with van der Waals surface area (Å²) < 4.78 is 37.3. The predicted octanol–water partition coefficient (Wildman–Crippen LogP) is 4.92. The fraction of sp³-hybridized carbons (Fsp3) is 0.455. The first kappa shape index (κ1) is 28.6. The fourth-order valence-electron chi connectivity index (χ4n) is 7.28. The molecule has 2 atom stereocenters. The van der Waals surface area contributed by atoms with E-state index in [-0.39, 0.29) is 35.1 Å². The first-order chi connectivity index (χ1) is 21.2. The molecule has 0 bridgehead atoms. The summed E-state index contributed by atoms with van der Waals surface area (Å²) in [6.45, 7) is 2.05. The van der Waals surface area contributed by atoms with Crippen molar-refractivity contribution in [3.63, 3.8) is 0 Å². The van der Waals surface area contributed by atoms with Crippen LogP contribution in [0.15, 0.2) is 30.6 Å². The zero-order chi connectivity index (χ0) is 30.6. The Bertz CT molecular complexity index is 1810. The monoisotopic (exact) mass is 599 g/mol. The van der Waals surface area contributed by atoms with Gasteiger partial charge >= 0.3 is 6.01 Å². The Balaban J connectivity index is 1.33. The number of benzene rings is 1. The lowest BCUT2D eigenvalue weighted by Crippen LogP contribution is -2.54. The van der Waals surface area contributed by atoms with Gasteiger partial charge in [0.15, 0.2) is 5.82 Å². The Morgan fingerprint density at radius 3 is 2.80 bits per heavy atom. The summed E-state index contributed by atoms with van der Waals surface area (Å²) in [5.74, 6) is 2.21. The summed E-state index contributed by atoms with van der Waals surface area (Å²) in [6.07, 6.45) is 13.3. The Morgan fingerprint density at radius 1 is 1.20 bits per heavy atom. The molecular weight excluding hydrogens is 564 g/mol. The molecule has 44 heavy (non-hydrogen) atoms. The first-order valence-electron chi connectivity index (χ1n) is 15.1. The number of nitrogens with zero attached hydrogens (tertiary/aromatic N) is 6. The van der Waals surface area contributed by atoms with Gasteiger partial charge in [-0.25, -0.2) is 13.8 Å². The van der Waals surface area contributed by atoms with Crippen LogP contribution in [0.5, 0.6) is 11.8 Å². The van der Waals surface area contributed by atoms with E-state index in [0.717, 1.165) is 38.6 Å². The smallest absolute Gasteiger partial charge is 0.319 e. The van der Waals surface area contributed by atoms with Gasteiger partial charge in [0.2, 0.25) is 0 Å². The molecule has 4 aromatic rings. The number of aromatic hydroxyl groups is 1. The van der Waals surface area contributed by atoms with Crippen LogP contribution in [-0.4, -0.2) is 92.4 Å². The molecule has 1 aromatic carbocycles. The second kappa shape index (κ2) is 10.8. The lowest BCUT2D eigenvalue weighted by Gasteiger charge is -2.47. The minimum Gasteiger partial charge on any atom is -0.508 e. The van der Waals surface area contributed by atoms with Crippen LogP contribution < -0.4 is 10.1 Å². The van der Waals surface area contributed by atoms with Gasteiger partial charge < -0.3 is 20.1 Å². The average molecular weight is 600 g/mol. The van der Waals surface area contributed by atoms with Crippen LogP contribution in [0.25, 0.3) is 32.9 Å². The third kappa shape index (κ3) is 4.68. The lowest BCUT2D eigenvalue weighted by molar-refractivity contribution is 0.0738. The minimum absolute atomic E-state index is 0.0128. The van der Waals surface area contributed by atoms with Crippen molar-refractivity contribution in [1.29, 1.82) is 0 Å². The van der Waals surface area contributed by atoms with E-state index in [2.05, 4.69) is 55.1 Å². The molecular formula is C33H35F2N7O2. The normalized spacial score (nSPS) is 22.7. The second-order valence-electron chi connectivity index (χ2n) is 12.6. The van der Waals surface area contributed by atoms with Crippen LogP contribution in [-0.2, 0) is 0 Å². The predicted molar refractivity (Wildman–Crippen MR) is 165 cm³/mol. The highest BCUT2D eigenvalue weighted by atomic mass is 19.1. The topological polar surface area (TPSA) is 99.5 Å². The lowest BCUT2D eigenvalue weighted by atomic mass is 9.75. The highest BCUT2D eigenvalue weighted by molar-refractivity contribution is 6.02. The van der Waals surface area contributed by atoms with Gasteiger partial charge in [0.25, 0.3) is 0 Å². The van der Waals surface area contributed by atoms with E-state index in [4.69, 9.17) is 11.2 Å². The van der Waals surface area contributed by atoms with Gasteiger partial charge in [-0.05, 0) is 82.2 Å². The summed E-state index contributed by atoms with van der Waals surface area (Å²) in [4.78, 5) is 22.4. The molecule has 0 amide bonds. The van der Waals surface area contributed by atoms with Crippen molar-refractivity contribution >= 4 is 27.5 Å². The number of pyridine rings is 2. The molecule has 0 spiro atoms. The molecule has 2 saturated heterocycles. The number of rotatable bonds is 8. The summed E-state index contributed by atoms with van der Waals surface area (Å²) in [6, 6.07) is 4.69. The highest BCUT2D eigenvalue weighted by Crippen LogP contribution is 2.42. The molecule has 0 radical (unpaired) electrons. The second-order valence-corrected chi connectivity index (χ2v) is 12.6. The Kier molecular flexibility index (Phi) is 7.02. The van der Waals surface area contributed by atoms with E-state index >= 15 is 4.39 Å². The molecule has 9 nitrogen and oxygen atoms in total. The van der Waals surface area contributed by atoms with Crippen LogP contribution in [0.1, 0.15) is 44.2 Å². The minimum atomic E-state index is -0.899. The van der Waals surface area contributed by atoms with E-state index in [1.54, 1.807) is 18.3 Å². The van der Waals surface area contributed by atoms with Crippen molar-refractivity contribution in [2.75, 3.05) is 45.7 Å². The summed E-state index contributed by atoms with van der Waals surface area (Å²) in [7, 11) is 4.12. The molecule has 228 valence electrons. The van der Waals surface area contributed by atoms with Gasteiger partial charge in [0.1, 0.15) is 41.3 Å². The van der Waals surface area contributed by atoms with Crippen LogP contribution in [0, 0.1) is 18.2 Å². The zero-order valence-electron chi connectivity index (χ0n) is 24.9. The number of anilines is 1. The number of alkyl halides is 1. The molecule has 2 aliphatic heterocycles. The Labute approximate surface area is 254 Å². The van der Waals surface area contributed by atoms with Gasteiger partial charge in [-0.3, -0.25) is 9.88 Å². The number of ether oxygens (including phenoxy) is 1. The molecule has 3 fully saturated rings. The molecule has 7 rings (SSSR count). The molecule has 5 heterocycles. The van der Waals surface area contributed by atoms with Crippen LogP contribution in [0.2, 0.25) is 0 Å². The first-order valence-corrected chi connectivity index (χ1v) is 15.1. The highest BCUT2D eigenvalue weighted by Gasteiger charge is 2.49. The molecule has 11 heteroatoms. The molecule has 2 N–H and O–H groups in total. The molecule has 3 aromatic heterocycles. The number of hydrogen-bond acceptors (Lipinski definition) is 9. The fourth-order valence-corrected chi connectivity index (χ4v) is 7.28. The summed E-state index contributed by atoms with van der Waals surface area (Å²) in [5, 5.41) is 15.5. The van der Waals surface area contributed by atoms with Crippen molar-refractivity contribution in [2.45, 2.75) is 55.8 Å². The maximum atomic E-state index is 16.6. The Hall–Kier alpha value is -4.14. The van der Waals surface area contributed by atoms with E-state index in [9.17, 15) is 9.50 Å². The number of halogens is 2. The molecule has 3 aliphatic rings. The SMILES string of the molecule is C#Cc1nccc2cc(O)cc(-c3ncc4c(NCC5(N(C)C)CCC5)nc(OC[C@@]56CCCN5C[C@H](F)C6)nc4c3F)c12. The van der Waals surface area contributed by atoms with Crippen LogP contribution >= 0.6 is 0 Å². The number of aromatic nitrogens is 4. The molecule has 1 aliphatic carbocycles. The van der Waals surface area contributed by atoms with E-state index in [1.165, 1.54) is 12.3 Å². The third-order valence-electron chi connectivity index (χ3n) is 9.95. The van der Waals surface area contributed by atoms with Crippen LogP contribution in [0.4, 0.5) is 14.6 Å². The van der Waals surface area contributed by atoms with Crippen molar-refractivity contribution in [3.05, 3.63) is 42.1 Å². The number of nitrogens with one attached hydrogen (secondary N) is 1. The number of likely N-dealkylation sites (N-methyl/N-ethyl adjacent to an activating group) is 1. The van der Waals surface area contributed by atoms with Crippen molar-refractivity contribution in [3.8, 4) is 35.4 Å². The third-order valence-corrected chi connectivity index (χ3v) is 9.95. The molecule has 1 saturated carbocycles. The largest absolute Gasteiger partial charge is 0.508 e. The number of terminal acetylenes is 1. The number of fused-ring (bicyclic) bond motifs is 3. The van der Waals surface area contributed by atoms with Crippen LogP contribution in [0.3, 0.4) is 0 Å². The standard InChI is InChI=1S/C33H35F2N7O2/c1-4-25-26-20(7-11-36-25)13-22(43)14-23(26)28-27(35)29-24(16-37-28)30(38-18-32(41(2)3)8-5-9-32)40-31(39-29)44-19-33-10-6-12-42(33)17-21(34)15-33/h1,7,11,13-14,16,21,43H,5-6,8-10,12,15,17-19H2,2-3H3,(H,38,39,40)/t21-,33+/m1/s1. The molecule has 0 unspecified atom stereocenters.